The van der Waals surface area contributed by atoms with Crippen molar-refractivity contribution >= 4 is 67.0 Å². The maximum atomic E-state index is 5.96. The Kier molecular flexibility index (Phi) is 2.99. The normalized spacial score (nSPS) is 11.3. The lowest BCUT2D eigenvalue weighted by Crippen LogP contribution is -1.88. The van der Waals surface area contributed by atoms with Crippen molar-refractivity contribution in [1.82, 2.24) is 9.97 Å². The van der Waals surface area contributed by atoms with E-state index in [-0.39, 0.29) is 0 Å². The molecule has 0 saturated heterocycles. The first kappa shape index (κ1) is 12.9. The van der Waals surface area contributed by atoms with E-state index in [9.17, 15) is 0 Å². The van der Waals surface area contributed by atoms with Crippen LogP contribution < -0.4 is 5.32 Å². The molecule has 2 aromatic heterocycles. The van der Waals surface area contributed by atoms with Gasteiger partial charge in [-0.1, -0.05) is 34.5 Å². The smallest absolute Gasteiger partial charge is 0.302 e. The van der Waals surface area contributed by atoms with Crippen molar-refractivity contribution in [1.29, 1.82) is 0 Å². The minimum absolute atomic E-state index is 0.386. The molecule has 0 aliphatic rings. The molecule has 104 valence electrons. The molecular weight excluding hydrogens is 329 g/mol. The zero-order valence-electron chi connectivity index (χ0n) is 10.4. The van der Waals surface area contributed by atoms with E-state index in [0.717, 1.165) is 10.2 Å². The summed E-state index contributed by atoms with van der Waals surface area (Å²) in [6.45, 7) is 0. The number of halogens is 2. The SMILES string of the molecule is Clc1ccc2oc(Nc3nc4cc(Cl)ccc4s3)nc2c1. The monoisotopic (exact) mass is 335 g/mol. The standard InChI is InChI=1S/C14H7Cl2N3OS/c15-7-1-3-11-9(5-7)17-13(20-11)19-14-18-10-6-8(16)2-4-12(10)21-14/h1-6H,(H,17,18,19). The molecular formula is C14H7Cl2N3OS. The van der Waals surface area contributed by atoms with Crippen LogP contribution in [0.5, 0.6) is 0 Å². The minimum atomic E-state index is 0.386. The van der Waals surface area contributed by atoms with E-state index in [4.69, 9.17) is 27.6 Å². The predicted octanol–water partition coefficient (Wildman–Crippen LogP) is 5.49. The fourth-order valence-corrected chi connectivity index (χ4v) is 3.17. The van der Waals surface area contributed by atoms with Gasteiger partial charge >= 0.3 is 6.01 Å². The number of benzene rings is 2. The van der Waals surface area contributed by atoms with Gasteiger partial charge in [0.1, 0.15) is 5.52 Å². The Bertz CT molecular complexity index is 885. The van der Waals surface area contributed by atoms with Gasteiger partial charge in [0, 0.05) is 10.0 Å². The number of fused-ring (bicyclic) bond motifs is 2. The quantitative estimate of drug-likeness (QED) is 0.526. The second-order valence-corrected chi connectivity index (χ2v) is 6.29. The summed E-state index contributed by atoms with van der Waals surface area (Å²) >= 11 is 13.4. The molecule has 0 aliphatic heterocycles. The molecule has 0 unspecified atom stereocenters. The van der Waals surface area contributed by atoms with Crippen LogP contribution in [0.15, 0.2) is 40.8 Å². The van der Waals surface area contributed by atoms with Crippen LogP contribution in [0.2, 0.25) is 10.0 Å². The Morgan fingerprint density at radius 1 is 0.952 bits per heavy atom. The van der Waals surface area contributed by atoms with E-state index in [1.54, 1.807) is 18.2 Å². The first-order valence-electron chi connectivity index (χ1n) is 6.06. The summed E-state index contributed by atoms with van der Waals surface area (Å²) in [5.41, 5.74) is 2.22. The van der Waals surface area contributed by atoms with E-state index in [1.807, 2.05) is 18.2 Å². The Morgan fingerprint density at radius 2 is 1.71 bits per heavy atom. The largest absolute Gasteiger partial charge is 0.423 e. The lowest BCUT2D eigenvalue weighted by Gasteiger charge is -1.92. The fourth-order valence-electron chi connectivity index (χ4n) is 2.00. The summed E-state index contributed by atoms with van der Waals surface area (Å²) in [7, 11) is 0. The number of nitrogens with one attached hydrogen (secondary N) is 1. The van der Waals surface area contributed by atoms with Crippen molar-refractivity contribution in [3.63, 3.8) is 0 Å². The summed E-state index contributed by atoms with van der Waals surface area (Å²) in [5.74, 6) is 0. The number of oxazole rings is 1. The highest BCUT2D eigenvalue weighted by atomic mass is 35.5. The third-order valence-corrected chi connectivity index (χ3v) is 4.34. The van der Waals surface area contributed by atoms with Crippen molar-refractivity contribution in [2.24, 2.45) is 0 Å². The minimum Gasteiger partial charge on any atom is -0.423 e. The maximum absolute atomic E-state index is 5.96. The van der Waals surface area contributed by atoms with Crippen LogP contribution >= 0.6 is 34.5 Å². The molecule has 4 rings (SSSR count). The van der Waals surface area contributed by atoms with Crippen LogP contribution in [0.1, 0.15) is 0 Å². The highest BCUT2D eigenvalue weighted by Gasteiger charge is 2.09. The summed E-state index contributed by atoms with van der Waals surface area (Å²) in [6, 6.07) is 11.3. The van der Waals surface area contributed by atoms with E-state index in [2.05, 4.69) is 15.3 Å². The Morgan fingerprint density at radius 3 is 2.57 bits per heavy atom. The van der Waals surface area contributed by atoms with Crippen molar-refractivity contribution < 1.29 is 4.42 Å². The zero-order valence-corrected chi connectivity index (χ0v) is 12.8. The van der Waals surface area contributed by atoms with Crippen LogP contribution in [0, 0.1) is 0 Å². The van der Waals surface area contributed by atoms with Gasteiger partial charge in [-0.05, 0) is 36.4 Å². The zero-order chi connectivity index (χ0) is 14.4. The van der Waals surface area contributed by atoms with Gasteiger partial charge < -0.3 is 4.42 Å². The van der Waals surface area contributed by atoms with Crippen LogP contribution in [-0.4, -0.2) is 9.97 Å². The molecule has 0 bridgehead atoms. The van der Waals surface area contributed by atoms with Crippen molar-refractivity contribution in [2.45, 2.75) is 0 Å². The van der Waals surface area contributed by atoms with Gasteiger partial charge in [0.25, 0.3) is 0 Å². The highest BCUT2D eigenvalue weighted by Crippen LogP contribution is 2.31. The molecule has 0 saturated carbocycles. The molecule has 4 aromatic rings. The number of aromatic nitrogens is 2. The van der Waals surface area contributed by atoms with E-state index < -0.39 is 0 Å². The average Bonchev–Trinajstić information content (AvgIpc) is 3.00. The van der Waals surface area contributed by atoms with E-state index >= 15 is 0 Å². The average molecular weight is 336 g/mol. The molecule has 2 heterocycles. The third kappa shape index (κ3) is 2.44. The Hall–Kier alpha value is -1.82. The van der Waals surface area contributed by atoms with Gasteiger partial charge in [0.05, 0.1) is 10.2 Å². The van der Waals surface area contributed by atoms with Crippen molar-refractivity contribution in [3.8, 4) is 0 Å². The Labute approximate surface area is 133 Å². The highest BCUT2D eigenvalue weighted by molar-refractivity contribution is 7.22. The molecule has 0 amide bonds. The lowest BCUT2D eigenvalue weighted by molar-refractivity contribution is 0.623. The number of nitrogens with zero attached hydrogens (tertiary/aromatic N) is 2. The predicted molar refractivity (Wildman–Crippen MR) is 86.9 cm³/mol. The number of hydrogen-bond donors (Lipinski definition) is 1. The lowest BCUT2D eigenvalue weighted by atomic mass is 10.3. The number of thiazole rings is 1. The fraction of sp³-hybridized carbons (Fsp3) is 0. The third-order valence-electron chi connectivity index (χ3n) is 2.91. The van der Waals surface area contributed by atoms with Crippen molar-refractivity contribution in [3.05, 3.63) is 46.4 Å². The van der Waals surface area contributed by atoms with Crippen LogP contribution in [0.4, 0.5) is 11.1 Å². The molecule has 4 nitrogen and oxygen atoms in total. The van der Waals surface area contributed by atoms with Gasteiger partial charge in [-0.2, -0.15) is 4.98 Å². The van der Waals surface area contributed by atoms with E-state index in [0.29, 0.717) is 32.3 Å². The molecule has 0 spiro atoms. The summed E-state index contributed by atoms with van der Waals surface area (Å²) in [4.78, 5) is 8.79. The molecule has 0 aliphatic carbocycles. The number of rotatable bonds is 2. The first-order chi connectivity index (χ1) is 10.2. The molecule has 1 N–H and O–H groups in total. The van der Waals surface area contributed by atoms with Gasteiger partial charge in [0.2, 0.25) is 0 Å². The van der Waals surface area contributed by atoms with Crippen LogP contribution in [0.25, 0.3) is 21.3 Å². The van der Waals surface area contributed by atoms with Crippen LogP contribution in [-0.2, 0) is 0 Å². The maximum Gasteiger partial charge on any atom is 0.302 e. The second-order valence-electron chi connectivity index (χ2n) is 4.39. The first-order valence-corrected chi connectivity index (χ1v) is 7.64. The molecule has 0 radical (unpaired) electrons. The van der Waals surface area contributed by atoms with Crippen LogP contribution in [0.3, 0.4) is 0 Å². The summed E-state index contributed by atoms with van der Waals surface area (Å²) in [6.07, 6.45) is 0. The van der Waals surface area contributed by atoms with Gasteiger partial charge in [-0.3, -0.25) is 5.32 Å². The molecule has 0 atom stereocenters. The van der Waals surface area contributed by atoms with Crippen molar-refractivity contribution in [2.75, 3.05) is 5.32 Å². The summed E-state index contributed by atoms with van der Waals surface area (Å²) in [5, 5.41) is 5.05. The number of hydrogen-bond acceptors (Lipinski definition) is 5. The molecule has 7 heteroatoms. The molecule has 21 heavy (non-hydrogen) atoms. The van der Waals surface area contributed by atoms with Gasteiger partial charge in [-0.25, -0.2) is 4.98 Å². The Balaban J connectivity index is 1.71. The van der Waals surface area contributed by atoms with Gasteiger partial charge in [0.15, 0.2) is 10.7 Å². The van der Waals surface area contributed by atoms with Gasteiger partial charge in [-0.15, -0.1) is 0 Å². The topological polar surface area (TPSA) is 51.0 Å². The number of anilines is 2. The second kappa shape index (κ2) is 4.87. The van der Waals surface area contributed by atoms with E-state index in [1.165, 1.54) is 11.3 Å². The summed E-state index contributed by atoms with van der Waals surface area (Å²) < 4.78 is 6.65. The molecule has 0 fully saturated rings. The molecule has 2 aromatic carbocycles.